The van der Waals surface area contributed by atoms with Gasteiger partial charge in [-0.25, -0.2) is 0 Å². The molecule has 53 heavy (non-hydrogen) atoms. The molecule has 0 amide bonds. The second-order valence-electron chi connectivity index (χ2n) is 18.0. The van der Waals surface area contributed by atoms with Gasteiger partial charge in [0, 0.05) is 38.1 Å². The summed E-state index contributed by atoms with van der Waals surface area (Å²) in [6.45, 7) is 16.4. The molecule has 0 unspecified atom stereocenters. The number of methoxy groups -OCH3 is 1. The van der Waals surface area contributed by atoms with Crippen LogP contribution in [-0.2, 0) is 33.2 Å². The van der Waals surface area contributed by atoms with Gasteiger partial charge in [-0.15, -0.1) is 0 Å². The number of aliphatic hydroxyl groups excluding tert-OH is 3. The monoisotopic (exact) mass is 761 g/mol. The van der Waals surface area contributed by atoms with Gasteiger partial charge in [0.1, 0.15) is 30.0 Å². The van der Waals surface area contributed by atoms with E-state index in [1.54, 1.807) is 27.7 Å². The predicted octanol–water partition coefficient (Wildman–Crippen LogP) is 1.90. The number of rotatable bonds is 7. The minimum absolute atomic E-state index is 0.125. The first kappa shape index (κ1) is 44.7. The van der Waals surface area contributed by atoms with Crippen molar-refractivity contribution >= 4 is 5.97 Å². The third-order valence-electron chi connectivity index (χ3n) is 12.8. The first-order valence-corrected chi connectivity index (χ1v) is 19.7. The lowest BCUT2D eigenvalue weighted by molar-refractivity contribution is -0.318. The molecular formula is C39H72N2O12. The molecule has 0 aromatic carbocycles. The van der Waals surface area contributed by atoms with E-state index in [0.717, 1.165) is 12.8 Å². The van der Waals surface area contributed by atoms with Crippen LogP contribution in [0.4, 0.5) is 0 Å². The Morgan fingerprint density at radius 1 is 0.906 bits per heavy atom. The minimum Gasteiger partial charge on any atom is -0.459 e. The number of nitrogens with zero attached hydrogens (tertiary/aromatic N) is 2. The Bertz CT molecular complexity index is 1200. The van der Waals surface area contributed by atoms with Crippen LogP contribution in [0.3, 0.4) is 0 Å². The van der Waals surface area contributed by atoms with Gasteiger partial charge in [-0.2, -0.15) is 0 Å². The largest absolute Gasteiger partial charge is 0.459 e. The number of aliphatic hydroxyl groups is 5. The molecule has 14 nitrogen and oxygen atoms in total. The zero-order chi connectivity index (χ0) is 40.0. The maximum Gasteiger partial charge on any atom is 0.311 e. The van der Waals surface area contributed by atoms with E-state index in [0.29, 0.717) is 13.0 Å². The fourth-order valence-electron chi connectivity index (χ4n) is 9.18. The average molecular weight is 761 g/mol. The Kier molecular flexibility index (Phi) is 14.5. The van der Waals surface area contributed by atoms with Crippen molar-refractivity contribution in [3.63, 3.8) is 0 Å². The molecule has 18 atom stereocenters. The molecule has 310 valence electrons. The van der Waals surface area contributed by atoms with Gasteiger partial charge in [0.25, 0.3) is 0 Å². The van der Waals surface area contributed by atoms with Crippen molar-refractivity contribution < 1.29 is 58.7 Å². The van der Waals surface area contributed by atoms with Crippen LogP contribution in [0.1, 0.15) is 94.4 Å². The number of carbonyl (C=O) groups is 1. The molecule has 14 heteroatoms. The predicted molar refractivity (Wildman–Crippen MR) is 197 cm³/mol. The van der Waals surface area contributed by atoms with Crippen molar-refractivity contribution in [3.8, 4) is 0 Å². The van der Waals surface area contributed by atoms with Crippen LogP contribution in [0.15, 0.2) is 0 Å². The Morgan fingerprint density at radius 2 is 1.53 bits per heavy atom. The number of ether oxygens (including phenoxy) is 6. The maximum absolute atomic E-state index is 14.4. The quantitative estimate of drug-likeness (QED) is 0.238. The molecule has 1 saturated carbocycles. The summed E-state index contributed by atoms with van der Waals surface area (Å²) in [5.74, 6) is -2.64. The summed E-state index contributed by atoms with van der Waals surface area (Å²) in [7, 11) is 7.16. The fourth-order valence-corrected chi connectivity index (χ4v) is 9.18. The molecule has 3 saturated heterocycles. The van der Waals surface area contributed by atoms with Gasteiger partial charge in [0.15, 0.2) is 12.6 Å². The zero-order valence-corrected chi connectivity index (χ0v) is 34.5. The Balaban J connectivity index is 1.82. The van der Waals surface area contributed by atoms with Gasteiger partial charge in [-0.3, -0.25) is 4.79 Å². The van der Waals surface area contributed by atoms with Gasteiger partial charge < -0.3 is 63.8 Å². The van der Waals surface area contributed by atoms with Gasteiger partial charge in [0.2, 0.25) is 0 Å². The van der Waals surface area contributed by atoms with Gasteiger partial charge >= 0.3 is 5.97 Å². The van der Waals surface area contributed by atoms with Gasteiger partial charge in [0.05, 0.1) is 41.5 Å². The summed E-state index contributed by atoms with van der Waals surface area (Å²) < 4.78 is 37.8. The highest BCUT2D eigenvalue weighted by Gasteiger charge is 2.55. The molecule has 4 rings (SSSR count). The molecule has 0 radical (unpaired) electrons. The summed E-state index contributed by atoms with van der Waals surface area (Å²) in [4.78, 5) is 18.2. The minimum atomic E-state index is -1.76. The molecule has 3 heterocycles. The van der Waals surface area contributed by atoms with Crippen LogP contribution in [0, 0.1) is 23.7 Å². The Labute approximate surface area is 317 Å². The van der Waals surface area contributed by atoms with E-state index >= 15 is 0 Å². The lowest BCUT2D eigenvalue weighted by Crippen LogP contribution is -2.60. The van der Waals surface area contributed by atoms with Gasteiger partial charge in [-0.1, -0.05) is 13.8 Å². The molecule has 3 aliphatic heterocycles. The van der Waals surface area contributed by atoms with Crippen LogP contribution < -0.4 is 0 Å². The van der Waals surface area contributed by atoms with E-state index in [9.17, 15) is 30.3 Å². The second kappa shape index (κ2) is 17.2. The van der Waals surface area contributed by atoms with Crippen molar-refractivity contribution in [2.75, 3.05) is 34.8 Å². The van der Waals surface area contributed by atoms with Crippen LogP contribution in [0.2, 0.25) is 0 Å². The highest BCUT2D eigenvalue weighted by molar-refractivity contribution is 5.73. The van der Waals surface area contributed by atoms with E-state index in [-0.39, 0.29) is 36.8 Å². The standard InChI is InChI=1S/C39H72N2O12/c1-20-17-37(7,46)33(53-36-29(42)27(40(10)11)16-21(2)49-36)22(3)30(51-28-18-38(8,48-13)32(44)25(6)50-28)23(4)35(45)52-34(26-14-15-26)39(9,47)31(43)24(5)41(12)19-20/h20-34,36,42-44,46-47H,14-19H2,1-13H3/t20-,21-,22+,23-,24+,25+,27+,28+,29-,30+,31-,32+,33-,34+,36+,37+,38-,39+/m1/s1. The van der Waals surface area contributed by atoms with Crippen LogP contribution >= 0.6 is 0 Å². The highest BCUT2D eigenvalue weighted by Crippen LogP contribution is 2.43. The second-order valence-corrected chi connectivity index (χ2v) is 18.0. The summed E-state index contributed by atoms with van der Waals surface area (Å²) in [6.07, 6.45) is -6.77. The van der Waals surface area contributed by atoms with Crippen LogP contribution in [0.25, 0.3) is 0 Å². The smallest absolute Gasteiger partial charge is 0.311 e. The molecule has 1 aliphatic carbocycles. The zero-order valence-electron chi connectivity index (χ0n) is 34.5. The molecular weight excluding hydrogens is 688 g/mol. The van der Waals surface area contributed by atoms with E-state index in [4.69, 9.17) is 28.4 Å². The van der Waals surface area contributed by atoms with Crippen LogP contribution in [-0.4, -0.2) is 166 Å². The summed E-state index contributed by atoms with van der Waals surface area (Å²) >= 11 is 0. The topological polar surface area (TPSA) is 180 Å². The lowest BCUT2D eigenvalue weighted by atomic mass is 9.77. The third-order valence-corrected chi connectivity index (χ3v) is 12.8. The number of hydrogen-bond acceptors (Lipinski definition) is 14. The number of hydrogen-bond donors (Lipinski definition) is 5. The van der Waals surface area contributed by atoms with Crippen molar-refractivity contribution in [2.45, 2.75) is 185 Å². The van der Waals surface area contributed by atoms with Crippen molar-refractivity contribution in [1.82, 2.24) is 9.80 Å². The normalized spacial score (nSPS) is 50.3. The Hall–Kier alpha value is -1.01. The molecule has 5 N–H and O–H groups in total. The molecule has 0 bridgehead atoms. The van der Waals surface area contributed by atoms with Crippen molar-refractivity contribution in [1.29, 1.82) is 0 Å². The maximum atomic E-state index is 14.4. The molecule has 4 aliphatic rings. The number of esters is 1. The molecule has 0 aromatic rings. The first-order valence-electron chi connectivity index (χ1n) is 19.7. The molecule has 0 spiro atoms. The van der Waals surface area contributed by atoms with Crippen molar-refractivity contribution in [3.05, 3.63) is 0 Å². The molecule has 4 fully saturated rings. The van der Waals surface area contributed by atoms with E-state index in [1.165, 1.54) is 14.0 Å². The molecule has 0 aromatic heterocycles. The lowest BCUT2D eigenvalue weighted by Gasteiger charge is -2.48. The van der Waals surface area contributed by atoms with E-state index < -0.39 is 96.0 Å². The summed E-state index contributed by atoms with van der Waals surface area (Å²) in [6, 6.07) is -0.789. The first-order chi connectivity index (χ1) is 24.4. The van der Waals surface area contributed by atoms with Crippen LogP contribution in [0.5, 0.6) is 0 Å². The summed E-state index contributed by atoms with van der Waals surface area (Å²) in [5, 5.41) is 58.6. The van der Waals surface area contributed by atoms with E-state index in [2.05, 4.69) is 0 Å². The van der Waals surface area contributed by atoms with Crippen molar-refractivity contribution in [2.24, 2.45) is 23.7 Å². The number of likely N-dealkylation sites (N-methyl/N-ethyl adjacent to an activating group) is 2. The highest BCUT2D eigenvalue weighted by atomic mass is 16.7. The van der Waals surface area contributed by atoms with E-state index in [1.807, 2.05) is 58.6 Å². The van der Waals surface area contributed by atoms with Gasteiger partial charge in [-0.05, 0) is 107 Å². The summed E-state index contributed by atoms with van der Waals surface area (Å²) in [5.41, 5.74) is -4.33. The fraction of sp³-hybridized carbons (Fsp3) is 0.974. The SMILES string of the molecule is CO[C@]1(C)C[C@H](O[C@H]2[C@H](C)[C@@H](O[C@@H]3O[C@H](C)C[C@H](N(C)C)[C@H]3O)[C@@](C)(O)C[C@@H](C)CN(C)[C@@H](C)[C@@H](O)[C@](C)(O)[C@H](C3CC3)OC(=O)[C@@H]2C)O[C@@H](C)[C@@H]1O. The number of carbonyl (C=O) groups excluding carboxylic acids is 1. The Morgan fingerprint density at radius 3 is 2.09 bits per heavy atom. The third kappa shape index (κ3) is 9.93. The number of cyclic esters (lactones) is 1. The average Bonchev–Trinajstić information content (AvgIpc) is 3.91.